The van der Waals surface area contributed by atoms with Gasteiger partial charge in [0.2, 0.25) is 5.91 Å². The second-order valence-corrected chi connectivity index (χ2v) is 7.27. The van der Waals surface area contributed by atoms with Crippen molar-refractivity contribution in [3.63, 3.8) is 0 Å². The maximum atomic E-state index is 13.2. The van der Waals surface area contributed by atoms with Crippen LogP contribution < -0.4 is 10.2 Å². The van der Waals surface area contributed by atoms with Crippen LogP contribution in [0.2, 0.25) is 5.02 Å². The summed E-state index contributed by atoms with van der Waals surface area (Å²) < 4.78 is 26.5. The molecule has 0 saturated carbocycles. The molecule has 0 bridgehead atoms. The van der Waals surface area contributed by atoms with Gasteiger partial charge in [0.1, 0.15) is 11.6 Å². The van der Waals surface area contributed by atoms with E-state index in [-0.39, 0.29) is 11.8 Å². The highest BCUT2D eigenvalue weighted by Crippen LogP contribution is 2.30. The zero-order valence-corrected chi connectivity index (χ0v) is 16.1. The third kappa shape index (κ3) is 4.27. The average molecular weight is 418 g/mol. The molecule has 1 N–H and O–H groups in total. The highest BCUT2D eigenvalue weighted by molar-refractivity contribution is 6.30. The molecule has 2 aromatic heterocycles. The van der Waals surface area contributed by atoms with Crippen LogP contribution in [-0.4, -0.2) is 33.9 Å². The van der Waals surface area contributed by atoms with E-state index < -0.39 is 12.2 Å². The molecule has 1 aromatic carbocycles. The largest absolute Gasteiger partial charge is 0.356 e. The minimum Gasteiger partial charge on any atom is -0.356 e. The zero-order chi connectivity index (χ0) is 20.4. The van der Waals surface area contributed by atoms with Crippen LogP contribution >= 0.6 is 11.6 Å². The number of piperidine rings is 1. The molecule has 1 aliphatic rings. The second-order valence-electron chi connectivity index (χ2n) is 6.84. The van der Waals surface area contributed by atoms with Crippen molar-refractivity contribution in [2.45, 2.75) is 19.3 Å². The highest BCUT2D eigenvalue weighted by atomic mass is 35.5. The number of benzene rings is 1. The van der Waals surface area contributed by atoms with E-state index in [1.165, 1.54) is 6.20 Å². The van der Waals surface area contributed by atoms with E-state index in [2.05, 4.69) is 20.3 Å². The molecule has 0 aliphatic carbocycles. The third-order valence-electron chi connectivity index (χ3n) is 4.94. The average Bonchev–Trinajstić information content (AvgIpc) is 2.74. The Balaban J connectivity index is 1.48. The summed E-state index contributed by atoms with van der Waals surface area (Å²) >= 11 is 5.81. The van der Waals surface area contributed by atoms with Crippen molar-refractivity contribution in [2.24, 2.45) is 5.92 Å². The van der Waals surface area contributed by atoms with Crippen LogP contribution in [0.25, 0.3) is 10.9 Å². The normalized spacial score (nSPS) is 15.1. The minimum atomic E-state index is -2.74. The summed E-state index contributed by atoms with van der Waals surface area (Å²) in [6.07, 6.45) is -0.0991. The maximum absolute atomic E-state index is 13.2. The standard InChI is InChI=1S/C20H18ClF2N5O/c21-13-5-6-16(24-11-13)26-20(29)12-7-9-28(10-8-12)19-14-3-1-2-4-15(14)25-18(27-19)17(22)23/h1-6,11-12,17H,7-10H2,(H,24,26,29). The van der Waals surface area contributed by atoms with Gasteiger partial charge in [-0.2, -0.15) is 0 Å². The molecule has 1 fully saturated rings. The summed E-state index contributed by atoms with van der Waals surface area (Å²) in [5.41, 5.74) is 0.487. The number of fused-ring (bicyclic) bond motifs is 1. The van der Waals surface area contributed by atoms with Crippen molar-refractivity contribution >= 4 is 40.0 Å². The Morgan fingerprint density at radius 1 is 1.14 bits per heavy atom. The monoisotopic (exact) mass is 417 g/mol. The number of carbonyl (C=O) groups is 1. The van der Waals surface area contributed by atoms with Gasteiger partial charge in [-0.1, -0.05) is 23.7 Å². The Kier molecular flexibility index (Phi) is 5.53. The fourth-order valence-corrected chi connectivity index (χ4v) is 3.56. The summed E-state index contributed by atoms with van der Waals surface area (Å²) in [5.74, 6) is 0.161. The molecule has 0 atom stereocenters. The molecule has 150 valence electrons. The van der Waals surface area contributed by atoms with Crippen molar-refractivity contribution in [3.05, 3.63) is 53.4 Å². The van der Waals surface area contributed by atoms with Gasteiger partial charge in [0.25, 0.3) is 6.43 Å². The number of hydrogen-bond acceptors (Lipinski definition) is 5. The van der Waals surface area contributed by atoms with E-state index in [4.69, 9.17) is 11.6 Å². The van der Waals surface area contributed by atoms with Crippen LogP contribution in [0, 0.1) is 5.92 Å². The lowest BCUT2D eigenvalue weighted by Gasteiger charge is -2.32. The topological polar surface area (TPSA) is 71.0 Å². The van der Waals surface area contributed by atoms with E-state index in [0.29, 0.717) is 48.1 Å². The van der Waals surface area contributed by atoms with E-state index in [1.807, 2.05) is 17.0 Å². The molecule has 4 rings (SSSR count). The highest BCUT2D eigenvalue weighted by Gasteiger charge is 2.27. The zero-order valence-electron chi connectivity index (χ0n) is 15.4. The van der Waals surface area contributed by atoms with Gasteiger partial charge in [0.15, 0.2) is 5.82 Å². The molecule has 0 spiro atoms. The third-order valence-corrected chi connectivity index (χ3v) is 5.16. The predicted octanol–water partition coefficient (Wildman–Crippen LogP) is 4.47. The summed E-state index contributed by atoms with van der Waals surface area (Å²) in [4.78, 5) is 26.6. The van der Waals surface area contributed by atoms with Gasteiger partial charge in [-0.05, 0) is 37.1 Å². The number of pyridine rings is 1. The van der Waals surface area contributed by atoms with Crippen molar-refractivity contribution in [1.82, 2.24) is 15.0 Å². The van der Waals surface area contributed by atoms with E-state index >= 15 is 0 Å². The molecule has 9 heteroatoms. The molecule has 6 nitrogen and oxygen atoms in total. The first-order valence-corrected chi connectivity index (χ1v) is 9.61. The maximum Gasteiger partial charge on any atom is 0.297 e. The molecule has 0 radical (unpaired) electrons. The number of carbonyl (C=O) groups excluding carboxylic acids is 1. The van der Waals surface area contributed by atoms with E-state index in [9.17, 15) is 13.6 Å². The molecule has 29 heavy (non-hydrogen) atoms. The van der Waals surface area contributed by atoms with Gasteiger partial charge < -0.3 is 10.2 Å². The lowest BCUT2D eigenvalue weighted by Crippen LogP contribution is -2.39. The van der Waals surface area contributed by atoms with Crippen LogP contribution in [0.5, 0.6) is 0 Å². The second kappa shape index (κ2) is 8.24. The number of amides is 1. The molecular weight excluding hydrogens is 400 g/mol. The van der Waals surface area contributed by atoms with Crippen LogP contribution in [-0.2, 0) is 4.79 Å². The molecule has 1 amide bonds. The lowest BCUT2D eigenvalue weighted by atomic mass is 9.95. The number of alkyl halides is 2. The smallest absolute Gasteiger partial charge is 0.297 e. The molecule has 3 aromatic rings. The predicted molar refractivity (Wildman–Crippen MR) is 107 cm³/mol. The summed E-state index contributed by atoms with van der Waals surface area (Å²) in [5, 5.41) is 4.02. The van der Waals surface area contributed by atoms with Gasteiger partial charge >= 0.3 is 0 Å². The SMILES string of the molecule is O=C(Nc1ccc(Cl)cn1)C1CCN(c2nc(C(F)F)nc3ccccc23)CC1. The molecule has 0 unspecified atom stereocenters. The summed E-state index contributed by atoms with van der Waals surface area (Å²) in [6, 6.07) is 10.4. The van der Waals surface area contributed by atoms with Crippen molar-refractivity contribution in [3.8, 4) is 0 Å². The molecule has 1 saturated heterocycles. The number of aromatic nitrogens is 3. The first-order valence-electron chi connectivity index (χ1n) is 9.23. The Bertz CT molecular complexity index is 1020. The fraction of sp³-hybridized carbons (Fsp3) is 0.300. The first-order chi connectivity index (χ1) is 14.0. The number of halogens is 3. The van der Waals surface area contributed by atoms with Gasteiger partial charge in [-0.25, -0.2) is 23.7 Å². The van der Waals surface area contributed by atoms with Crippen LogP contribution in [0.1, 0.15) is 25.1 Å². The molecule has 3 heterocycles. The van der Waals surface area contributed by atoms with Crippen molar-refractivity contribution < 1.29 is 13.6 Å². The van der Waals surface area contributed by atoms with E-state index in [1.54, 1.807) is 24.3 Å². The first kappa shape index (κ1) is 19.4. The number of hydrogen-bond donors (Lipinski definition) is 1. The van der Waals surface area contributed by atoms with Crippen LogP contribution in [0.15, 0.2) is 42.6 Å². The Morgan fingerprint density at radius 2 is 1.90 bits per heavy atom. The molecule has 1 aliphatic heterocycles. The lowest BCUT2D eigenvalue weighted by molar-refractivity contribution is -0.120. The fourth-order valence-electron chi connectivity index (χ4n) is 3.45. The van der Waals surface area contributed by atoms with Gasteiger partial charge in [0.05, 0.1) is 10.5 Å². The Morgan fingerprint density at radius 3 is 2.59 bits per heavy atom. The molecular formula is C20H18ClF2N5O. The number of rotatable bonds is 4. The number of nitrogens with zero attached hydrogens (tertiary/aromatic N) is 4. The summed E-state index contributed by atoms with van der Waals surface area (Å²) in [7, 11) is 0. The van der Waals surface area contributed by atoms with Gasteiger partial charge in [0, 0.05) is 30.6 Å². The quantitative estimate of drug-likeness (QED) is 0.678. The van der Waals surface area contributed by atoms with Crippen LogP contribution in [0.4, 0.5) is 20.4 Å². The number of para-hydroxylation sites is 1. The minimum absolute atomic E-state index is 0.111. The van der Waals surface area contributed by atoms with Crippen LogP contribution in [0.3, 0.4) is 0 Å². The Labute approximate surface area is 170 Å². The van der Waals surface area contributed by atoms with Gasteiger partial charge in [-0.15, -0.1) is 0 Å². The van der Waals surface area contributed by atoms with Gasteiger partial charge in [-0.3, -0.25) is 4.79 Å². The van der Waals surface area contributed by atoms with Crippen molar-refractivity contribution in [2.75, 3.05) is 23.3 Å². The van der Waals surface area contributed by atoms with E-state index in [0.717, 1.165) is 5.39 Å². The number of nitrogens with one attached hydrogen (secondary N) is 1. The Hall–Kier alpha value is -2.87. The van der Waals surface area contributed by atoms with Crippen molar-refractivity contribution in [1.29, 1.82) is 0 Å². The number of anilines is 2. The summed E-state index contributed by atoms with van der Waals surface area (Å²) in [6.45, 7) is 1.08.